The topological polar surface area (TPSA) is 55.2 Å². The lowest BCUT2D eigenvalue weighted by molar-refractivity contribution is 0.580. The molecule has 0 saturated carbocycles. The predicted molar refractivity (Wildman–Crippen MR) is 112 cm³/mol. The molecule has 5 nitrogen and oxygen atoms in total. The highest BCUT2D eigenvalue weighted by Gasteiger charge is 2.27. The largest absolute Gasteiger partial charge is 0.372 e. The summed E-state index contributed by atoms with van der Waals surface area (Å²) in [5, 5.41) is 7.04. The average molecular weight is 391 g/mol. The third kappa shape index (κ3) is 2.59. The van der Waals surface area contributed by atoms with Gasteiger partial charge in [0.2, 0.25) is 9.84 Å². The molecule has 1 aliphatic heterocycles. The second-order valence-corrected chi connectivity index (χ2v) is 9.14. The van der Waals surface area contributed by atoms with E-state index in [1.54, 1.807) is 19.2 Å². The van der Waals surface area contributed by atoms with Crippen molar-refractivity contribution in [3.8, 4) is 0 Å². The molecule has 0 aliphatic carbocycles. The molecule has 1 saturated heterocycles. The number of aromatic nitrogens is 2. The minimum absolute atomic E-state index is 0.250. The van der Waals surface area contributed by atoms with Crippen molar-refractivity contribution < 1.29 is 8.42 Å². The molecule has 0 spiro atoms. The molecule has 0 atom stereocenters. The van der Waals surface area contributed by atoms with Crippen LogP contribution < -0.4 is 4.90 Å². The number of nitrogens with zero attached hydrogens (tertiary/aromatic N) is 3. The second-order valence-electron chi connectivity index (χ2n) is 7.31. The molecule has 1 fully saturated rings. The fourth-order valence-corrected chi connectivity index (χ4v) is 5.97. The summed E-state index contributed by atoms with van der Waals surface area (Å²) >= 11 is 0. The zero-order chi connectivity index (χ0) is 19.3. The smallest absolute Gasteiger partial charge is 0.224 e. The minimum Gasteiger partial charge on any atom is -0.372 e. The van der Waals surface area contributed by atoms with Crippen LogP contribution in [0, 0.1) is 0 Å². The van der Waals surface area contributed by atoms with Crippen LogP contribution in [-0.4, -0.2) is 31.3 Å². The van der Waals surface area contributed by atoms with Crippen molar-refractivity contribution >= 4 is 37.2 Å². The summed E-state index contributed by atoms with van der Waals surface area (Å²) in [5.74, 6) is 0. The van der Waals surface area contributed by atoms with E-state index in [9.17, 15) is 8.42 Å². The zero-order valence-corrected chi connectivity index (χ0v) is 16.5. The molecule has 0 radical (unpaired) electrons. The molecule has 142 valence electrons. The van der Waals surface area contributed by atoms with E-state index in [0.29, 0.717) is 15.8 Å². The molecule has 28 heavy (non-hydrogen) atoms. The van der Waals surface area contributed by atoms with Crippen molar-refractivity contribution in [2.75, 3.05) is 18.0 Å². The van der Waals surface area contributed by atoms with Crippen LogP contribution in [0.15, 0.2) is 70.6 Å². The predicted octanol–water partition coefficient (Wildman–Crippen LogP) is 4.16. The van der Waals surface area contributed by atoms with Gasteiger partial charge in [-0.25, -0.2) is 8.42 Å². The van der Waals surface area contributed by atoms with Gasteiger partial charge in [0.05, 0.1) is 10.4 Å². The first-order valence-electron chi connectivity index (χ1n) is 9.50. The number of benzene rings is 3. The lowest BCUT2D eigenvalue weighted by Crippen LogP contribution is -2.17. The van der Waals surface area contributed by atoms with Crippen LogP contribution in [-0.2, 0) is 16.9 Å². The van der Waals surface area contributed by atoms with E-state index < -0.39 is 9.84 Å². The van der Waals surface area contributed by atoms with Crippen LogP contribution in [0.5, 0.6) is 0 Å². The van der Waals surface area contributed by atoms with Gasteiger partial charge in [-0.1, -0.05) is 36.4 Å². The van der Waals surface area contributed by atoms with E-state index in [2.05, 4.69) is 10.00 Å². The Morgan fingerprint density at radius 2 is 1.64 bits per heavy atom. The van der Waals surface area contributed by atoms with E-state index in [0.717, 1.165) is 29.5 Å². The van der Waals surface area contributed by atoms with Crippen LogP contribution in [0.1, 0.15) is 12.8 Å². The third-order valence-corrected chi connectivity index (χ3v) is 7.46. The van der Waals surface area contributed by atoms with Gasteiger partial charge in [-0.2, -0.15) is 5.10 Å². The Labute approximate surface area is 164 Å². The number of aryl methyl sites for hydroxylation is 1. The Kier molecular flexibility index (Phi) is 3.91. The molecule has 1 aliphatic rings. The Balaban J connectivity index is 1.75. The number of anilines is 1. The Hall–Kier alpha value is -2.86. The molecular weight excluding hydrogens is 370 g/mol. The number of fused-ring (bicyclic) bond motifs is 2. The van der Waals surface area contributed by atoms with E-state index in [4.69, 9.17) is 0 Å². The van der Waals surface area contributed by atoms with Gasteiger partial charge < -0.3 is 4.90 Å². The van der Waals surface area contributed by atoms with Crippen LogP contribution >= 0.6 is 0 Å². The number of hydrogen-bond donors (Lipinski definition) is 0. The summed E-state index contributed by atoms with van der Waals surface area (Å²) in [6.07, 6.45) is 2.35. The molecule has 1 aromatic heterocycles. The highest BCUT2D eigenvalue weighted by molar-refractivity contribution is 7.91. The molecule has 5 rings (SSSR count). The maximum atomic E-state index is 13.7. The number of rotatable bonds is 3. The summed E-state index contributed by atoms with van der Waals surface area (Å²) in [6, 6.07) is 18.9. The summed E-state index contributed by atoms with van der Waals surface area (Å²) in [6.45, 7) is 2.02. The first-order chi connectivity index (χ1) is 13.6. The first kappa shape index (κ1) is 17.3. The highest BCUT2D eigenvalue weighted by atomic mass is 32.2. The molecule has 0 bridgehead atoms. The van der Waals surface area contributed by atoms with Gasteiger partial charge in [-0.15, -0.1) is 0 Å². The van der Waals surface area contributed by atoms with Crippen molar-refractivity contribution in [2.45, 2.75) is 22.8 Å². The van der Waals surface area contributed by atoms with Gasteiger partial charge in [0.1, 0.15) is 0 Å². The SMILES string of the molecule is Cn1nc2ccc(N3CCCC3)cc2c1S(=O)(=O)c1cccc2ccccc12. The van der Waals surface area contributed by atoms with E-state index in [-0.39, 0.29) is 5.03 Å². The van der Waals surface area contributed by atoms with Crippen molar-refractivity contribution in [1.82, 2.24) is 9.78 Å². The normalized spacial score (nSPS) is 15.0. The molecule has 0 N–H and O–H groups in total. The molecule has 0 unspecified atom stereocenters. The maximum absolute atomic E-state index is 13.7. The zero-order valence-electron chi connectivity index (χ0n) is 15.7. The van der Waals surface area contributed by atoms with E-state index in [1.165, 1.54) is 17.5 Å². The molecular formula is C22H21N3O2S. The average Bonchev–Trinajstić information content (AvgIpc) is 3.34. The Bertz CT molecular complexity index is 1300. The second kappa shape index (κ2) is 6.34. The van der Waals surface area contributed by atoms with Crippen molar-refractivity contribution in [3.63, 3.8) is 0 Å². The monoisotopic (exact) mass is 391 g/mol. The highest BCUT2D eigenvalue weighted by Crippen LogP contribution is 2.34. The van der Waals surface area contributed by atoms with E-state index in [1.807, 2.05) is 48.5 Å². The minimum atomic E-state index is -3.74. The van der Waals surface area contributed by atoms with Gasteiger partial charge >= 0.3 is 0 Å². The lowest BCUT2D eigenvalue weighted by Gasteiger charge is -2.17. The Morgan fingerprint density at radius 3 is 2.46 bits per heavy atom. The molecule has 6 heteroatoms. The lowest BCUT2D eigenvalue weighted by atomic mass is 10.1. The van der Waals surface area contributed by atoms with Gasteiger partial charge in [0.25, 0.3) is 0 Å². The van der Waals surface area contributed by atoms with Crippen LogP contribution in [0.4, 0.5) is 5.69 Å². The molecule has 3 aromatic carbocycles. The van der Waals surface area contributed by atoms with Crippen LogP contribution in [0.3, 0.4) is 0 Å². The van der Waals surface area contributed by atoms with Crippen molar-refractivity contribution in [2.24, 2.45) is 7.05 Å². The maximum Gasteiger partial charge on any atom is 0.224 e. The van der Waals surface area contributed by atoms with Crippen LogP contribution in [0.2, 0.25) is 0 Å². The standard InChI is InChI=1S/C22H21N3O2S/c1-24-22(19-15-17(11-12-20(19)23-24)25-13-4-5-14-25)28(26,27)21-10-6-8-16-7-2-3-9-18(16)21/h2-3,6-12,15H,4-5,13-14H2,1H3. The summed E-state index contributed by atoms with van der Waals surface area (Å²) in [5.41, 5.74) is 1.76. The van der Waals surface area contributed by atoms with E-state index >= 15 is 0 Å². The molecule has 4 aromatic rings. The summed E-state index contributed by atoms with van der Waals surface area (Å²) in [7, 11) is -2.04. The first-order valence-corrected chi connectivity index (χ1v) is 11.0. The number of sulfone groups is 1. The fraction of sp³-hybridized carbons (Fsp3) is 0.227. The van der Waals surface area contributed by atoms with Crippen molar-refractivity contribution in [1.29, 1.82) is 0 Å². The van der Waals surface area contributed by atoms with Gasteiger partial charge in [0, 0.05) is 36.6 Å². The number of hydrogen-bond acceptors (Lipinski definition) is 4. The van der Waals surface area contributed by atoms with Gasteiger partial charge in [-0.3, -0.25) is 4.68 Å². The van der Waals surface area contributed by atoms with Crippen molar-refractivity contribution in [3.05, 3.63) is 60.7 Å². The molecule has 2 heterocycles. The van der Waals surface area contributed by atoms with Gasteiger partial charge in [-0.05, 0) is 42.5 Å². The third-order valence-electron chi connectivity index (χ3n) is 5.53. The fourth-order valence-electron chi connectivity index (χ4n) is 4.19. The van der Waals surface area contributed by atoms with Crippen LogP contribution in [0.25, 0.3) is 21.7 Å². The Morgan fingerprint density at radius 1 is 0.893 bits per heavy atom. The quantitative estimate of drug-likeness (QED) is 0.526. The molecule has 0 amide bonds. The summed E-state index contributed by atoms with van der Waals surface area (Å²) in [4.78, 5) is 2.63. The van der Waals surface area contributed by atoms with Gasteiger partial charge in [0.15, 0.2) is 5.03 Å². The summed E-state index contributed by atoms with van der Waals surface area (Å²) < 4.78 is 28.9.